The largest absolute Gasteiger partial charge is 0.440 e. The minimum absolute atomic E-state index is 0.00308. The van der Waals surface area contributed by atoms with Crippen molar-refractivity contribution in [3.05, 3.63) is 17.8 Å². The minimum Gasteiger partial charge on any atom is -0.440 e. The fourth-order valence-electron chi connectivity index (χ4n) is 4.84. The number of oxazole rings is 1. The third-order valence-corrected chi connectivity index (χ3v) is 6.12. The van der Waals surface area contributed by atoms with E-state index >= 15 is 0 Å². The molecular formula is C17H21NO5. The fraction of sp³-hybridized carbons (Fsp3) is 0.706. The number of carbonyl (C=O) groups excluding carboxylic acids is 2. The van der Waals surface area contributed by atoms with E-state index in [1.54, 1.807) is 6.92 Å². The van der Waals surface area contributed by atoms with Crippen LogP contribution in [0.1, 0.15) is 48.9 Å². The second-order valence-electron chi connectivity index (χ2n) is 7.09. The lowest BCUT2D eigenvalue weighted by Gasteiger charge is -2.47. The Labute approximate surface area is 134 Å². The van der Waals surface area contributed by atoms with Crippen molar-refractivity contribution in [2.45, 2.75) is 45.3 Å². The summed E-state index contributed by atoms with van der Waals surface area (Å²) in [5, 5.41) is 0. The maximum absolute atomic E-state index is 12.9. The van der Waals surface area contributed by atoms with Crippen molar-refractivity contribution in [2.24, 2.45) is 17.3 Å². The van der Waals surface area contributed by atoms with Gasteiger partial charge < -0.3 is 13.9 Å². The summed E-state index contributed by atoms with van der Waals surface area (Å²) in [6, 6.07) is 0. The number of nitrogens with zero attached hydrogens (tertiary/aromatic N) is 1. The third kappa shape index (κ3) is 1.91. The van der Waals surface area contributed by atoms with Crippen LogP contribution in [0.2, 0.25) is 0 Å². The van der Waals surface area contributed by atoms with E-state index in [1.807, 2.05) is 0 Å². The number of aryl methyl sites for hydroxylation is 1. The minimum atomic E-state index is -0.674. The van der Waals surface area contributed by atoms with E-state index in [0.29, 0.717) is 31.7 Å². The average Bonchev–Trinajstić information content (AvgIpc) is 3.22. The first kappa shape index (κ1) is 15.0. The number of fused-ring (bicyclic) bond motifs is 2. The highest BCUT2D eigenvalue weighted by atomic mass is 16.7. The number of hydrogen-bond acceptors (Lipinski definition) is 6. The number of Topliss-reactive ketones (excluding diaryl/α,β-unsaturated/α-hetero) is 2. The molecule has 6 heteroatoms. The molecule has 3 aliphatic rings. The maximum atomic E-state index is 12.9. The van der Waals surface area contributed by atoms with Crippen molar-refractivity contribution in [1.29, 1.82) is 0 Å². The lowest BCUT2D eigenvalue weighted by atomic mass is 9.61. The number of hydrogen-bond donors (Lipinski definition) is 0. The zero-order chi connectivity index (χ0) is 16.2. The van der Waals surface area contributed by atoms with Crippen LogP contribution in [0.25, 0.3) is 0 Å². The Balaban J connectivity index is 1.72. The van der Waals surface area contributed by atoms with Gasteiger partial charge >= 0.3 is 0 Å². The molecule has 0 aromatic carbocycles. The lowest BCUT2D eigenvalue weighted by Crippen LogP contribution is -2.53. The molecule has 0 N–H and O–H groups in total. The van der Waals surface area contributed by atoms with Gasteiger partial charge in [-0.15, -0.1) is 0 Å². The lowest BCUT2D eigenvalue weighted by molar-refractivity contribution is -0.232. The molecule has 2 saturated carbocycles. The predicted octanol–water partition coefficient (Wildman–Crippen LogP) is 2.30. The van der Waals surface area contributed by atoms with Gasteiger partial charge in [0.2, 0.25) is 5.78 Å². The van der Waals surface area contributed by atoms with E-state index in [2.05, 4.69) is 11.9 Å². The number of carbonyl (C=O) groups is 2. The SMILES string of the molecule is Cc1ncoc1C(=O)C1C(=O)CCC2(C)[C@H]1CCC21OCCO1. The molecule has 3 atom stereocenters. The van der Waals surface area contributed by atoms with Crippen molar-refractivity contribution in [3.63, 3.8) is 0 Å². The van der Waals surface area contributed by atoms with Crippen LogP contribution in [0, 0.1) is 24.2 Å². The topological polar surface area (TPSA) is 78.6 Å². The highest BCUT2D eigenvalue weighted by Crippen LogP contribution is 2.61. The van der Waals surface area contributed by atoms with E-state index in [4.69, 9.17) is 13.9 Å². The molecule has 6 nitrogen and oxygen atoms in total. The molecule has 0 amide bonds. The molecule has 3 fully saturated rings. The van der Waals surface area contributed by atoms with Gasteiger partial charge in [-0.1, -0.05) is 6.92 Å². The first-order valence-corrected chi connectivity index (χ1v) is 8.23. The van der Waals surface area contributed by atoms with Crippen molar-refractivity contribution in [3.8, 4) is 0 Å². The monoisotopic (exact) mass is 319 g/mol. The quantitative estimate of drug-likeness (QED) is 0.615. The van der Waals surface area contributed by atoms with Gasteiger partial charge in [-0.2, -0.15) is 0 Å². The molecule has 124 valence electrons. The van der Waals surface area contributed by atoms with E-state index in [1.165, 1.54) is 6.39 Å². The Morgan fingerprint density at radius 2 is 2.04 bits per heavy atom. The van der Waals surface area contributed by atoms with E-state index in [0.717, 1.165) is 12.8 Å². The molecule has 1 aromatic rings. The van der Waals surface area contributed by atoms with Gasteiger partial charge in [-0.3, -0.25) is 9.59 Å². The Morgan fingerprint density at radius 1 is 1.30 bits per heavy atom. The molecule has 4 rings (SSSR count). The Kier molecular flexibility index (Phi) is 3.25. The van der Waals surface area contributed by atoms with Crippen LogP contribution in [-0.2, 0) is 14.3 Å². The van der Waals surface area contributed by atoms with Crippen molar-refractivity contribution in [2.75, 3.05) is 13.2 Å². The standard InChI is InChI=1S/C17H21NO5/c1-10-15(21-9-18-10)14(20)13-11-3-6-17(22-7-8-23-17)16(11,2)5-4-12(13)19/h9,11,13H,3-8H2,1-2H3/t11-,13?,16?/m0/s1. The van der Waals surface area contributed by atoms with Gasteiger partial charge in [0.25, 0.3) is 0 Å². The van der Waals surface area contributed by atoms with E-state index in [-0.39, 0.29) is 28.7 Å². The average molecular weight is 319 g/mol. The highest BCUT2D eigenvalue weighted by Gasteiger charge is 2.66. The number of rotatable bonds is 2. The zero-order valence-corrected chi connectivity index (χ0v) is 13.5. The molecule has 2 heterocycles. The fourth-order valence-corrected chi connectivity index (χ4v) is 4.84. The van der Waals surface area contributed by atoms with Crippen LogP contribution in [0.3, 0.4) is 0 Å². The summed E-state index contributed by atoms with van der Waals surface area (Å²) in [4.78, 5) is 29.5. The second-order valence-corrected chi connectivity index (χ2v) is 7.09. The van der Waals surface area contributed by atoms with Crippen molar-refractivity contribution >= 4 is 11.6 Å². The summed E-state index contributed by atoms with van der Waals surface area (Å²) >= 11 is 0. The predicted molar refractivity (Wildman–Crippen MR) is 78.8 cm³/mol. The normalized spacial score (nSPS) is 35.7. The van der Waals surface area contributed by atoms with Gasteiger partial charge in [0.05, 0.1) is 24.8 Å². The van der Waals surface area contributed by atoms with Gasteiger partial charge in [0, 0.05) is 18.3 Å². The molecule has 0 radical (unpaired) electrons. The van der Waals surface area contributed by atoms with Crippen LogP contribution >= 0.6 is 0 Å². The Bertz CT molecular complexity index is 660. The third-order valence-electron chi connectivity index (χ3n) is 6.12. The van der Waals surface area contributed by atoms with Gasteiger partial charge in [-0.25, -0.2) is 4.98 Å². The number of ketones is 2. The molecule has 0 bridgehead atoms. The van der Waals surface area contributed by atoms with Gasteiger partial charge in [0.1, 0.15) is 5.78 Å². The molecule has 1 aromatic heterocycles. The molecule has 1 spiro atoms. The zero-order valence-electron chi connectivity index (χ0n) is 13.5. The summed E-state index contributed by atoms with van der Waals surface area (Å²) < 4.78 is 17.2. The first-order valence-electron chi connectivity index (χ1n) is 8.23. The van der Waals surface area contributed by atoms with Crippen LogP contribution < -0.4 is 0 Å². The summed E-state index contributed by atoms with van der Waals surface area (Å²) in [6.07, 6.45) is 3.83. The molecular weight excluding hydrogens is 298 g/mol. The second kappa shape index (κ2) is 4.98. The Morgan fingerprint density at radius 3 is 2.70 bits per heavy atom. The molecule has 1 aliphatic heterocycles. The van der Waals surface area contributed by atoms with E-state index < -0.39 is 11.7 Å². The Hall–Kier alpha value is -1.53. The van der Waals surface area contributed by atoms with Gasteiger partial charge in [-0.05, 0) is 25.7 Å². The van der Waals surface area contributed by atoms with Crippen molar-refractivity contribution < 1.29 is 23.5 Å². The summed E-state index contributed by atoms with van der Waals surface area (Å²) in [5.41, 5.74) is 0.224. The van der Waals surface area contributed by atoms with Crippen LogP contribution in [0.5, 0.6) is 0 Å². The summed E-state index contributed by atoms with van der Waals surface area (Å²) in [7, 11) is 0. The smallest absolute Gasteiger partial charge is 0.210 e. The highest BCUT2D eigenvalue weighted by molar-refractivity contribution is 6.10. The molecule has 23 heavy (non-hydrogen) atoms. The molecule has 2 aliphatic carbocycles. The maximum Gasteiger partial charge on any atom is 0.210 e. The van der Waals surface area contributed by atoms with Gasteiger partial charge in [0.15, 0.2) is 17.9 Å². The van der Waals surface area contributed by atoms with E-state index in [9.17, 15) is 9.59 Å². The number of aromatic nitrogens is 1. The summed E-state index contributed by atoms with van der Waals surface area (Å²) in [5.74, 6) is -1.40. The summed E-state index contributed by atoms with van der Waals surface area (Å²) in [6.45, 7) is 4.99. The molecule has 1 saturated heterocycles. The van der Waals surface area contributed by atoms with Crippen LogP contribution in [0.15, 0.2) is 10.8 Å². The van der Waals surface area contributed by atoms with Crippen LogP contribution in [0.4, 0.5) is 0 Å². The first-order chi connectivity index (χ1) is 11.0. The van der Waals surface area contributed by atoms with Crippen molar-refractivity contribution in [1.82, 2.24) is 4.98 Å². The van der Waals surface area contributed by atoms with Crippen LogP contribution in [-0.4, -0.2) is 35.6 Å². The molecule has 2 unspecified atom stereocenters. The number of ether oxygens (including phenoxy) is 2.